The molecule has 9 heteroatoms. The van der Waals surface area contributed by atoms with Gasteiger partial charge in [0.05, 0.1) is 12.9 Å². The highest BCUT2D eigenvalue weighted by atomic mass is 19.1. The highest BCUT2D eigenvalue weighted by Gasteiger charge is 2.57. The monoisotopic (exact) mass is 308 g/mol. The van der Waals surface area contributed by atoms with Crippen molar-refractivity contribution >= 4 is 11.2 Å². The van der Waals surface area contributed by atoms with Crippen molar-refractivity contribution in [3.05, 3.63) is 22.5 Å². The van der Waals surface area contributed by atoms with Crippen molar-refractivity contribution in [2.75, 3.05) is 6.61 Å². The molecule has 0 amide bonds. The second-order valence-electron chi connectivity index (χ2n) is 5.04. The van der Waals surface area contributed by atoms with Crippen LogP contribution in [0, 0.1) is 19.3 Å². The van der Waals surface area contributed by atoms with Gasteiger partial charge < -0.3 is 19.9 Å². The van der Waals surface area contributed by atoms with E-state index in [-0.39, 0.29) is 11.2 Å². The predicted octanol–water partition coefficient (Wildman–Crippen LogP) is -0.980. The minimum atomic E-state index is -2.58. The standard InChI is InChI=1S/C13H13FN4O4/c1-3-13(14)9(20)7(4-19)22-12(13)18-5-15-8-10(18)16-6(2)17-11(8)21/h1,5,7,9,12,19-20H,4H2,2H3,(H,16,17,21)/t7-,9-,12?,13-/m1/s1. The number of ether oxygens (including phenoxy) is 1. The Labute approximate surface area is 123 Å². The summed E-state index contributed by atoms with van der Waals surface area (Å²) in [5.41, 5.74) is -2.99. The highest BCUT2D eigenvalue weighted by Crippen LogP contribution is 2.41. The molecule has 1 fully saturated rings. The Balaban J connectivity index is 2.19. The fourth-order valence-electron chi connectivity index (χ4n) is 2.53. The largest absolute Gasteiger partial charge is 0.394 e. The molecule has 3 rings (SSSR count). The molecule has 2 aromatic rings. The fraction of sp³-hybridized carbons (Fsp3) is 0.462. The van der Waals surface area contributed by atoms with Gasteiger partial charge in [0.15, 0.2) is 17.4 Å². The van der Waals surface area contributed by atoms with Crippen molar-refractivity contribution < 1.29 is 19.3 Å². The molecule has 0 radical (unpaired) electrons. The van der Waals surface area contributed by atoms with E-state index in [1.54, 1.807) is 6.92 Å². The average molecular weight is 308 g/mol. The molecule has 1 aliphatic heterocycles. The number of terminal acetylenes is 1. The van der Waals surface area contributed by atoms with Gasteiger partial charge in [-0.15, -0.1) is 6.42 Å². The first-order valence-corrected chi connectivity index (χ1v) is 6.47. The van der Waals surface area contributed by atoms with Crippen LogP contribution in [-0.2, 0) is 4.74 Å². The Morgan fingerprint density at radius 3 is 3.05 bits per heavy atom. The van der Waals surface area contributed by atoms with Crippen molar-refractivity contribution in [3.8, 4) is 12.3 Å². The van der Waals surface area contributed by atoms with Crippen molar-refractivity contribution in [2.45, 2.75) is 31.0 Å². The van der Waals surface area contributed by atoms with Gasteiger partial charge in [0, 0.05) is 0 Å². The van der Waals surface area contributed by atoms with Gasteiger partial charge in [-0.05, 0) is 6.92 Å². The Morgan fingerprint density at radius 2 is 2.41 bits per heavy atom. The smallest absolute Gasteiger partial charge is 0.279 e. The molecular formula is C13H13FN4O4. The molecule has 2 aromatic heterocycles. The number of alkyl halides is 1. The summed E-state index contributed by atoms with van der Waals surface area (Å²) in [7, 11) is 0. The van der Waals surface area contributed by atoms with Crippen LogP contribution in [0.4, 0.5) is 4.39 Å². The zero-order valence-corrected chi connectivity index (χ0v) is 11.5. The summed E-state index contributed by atoms with van der Waals surface area (Å²) in [4.78, 5) is 22.3. The topological polar surface area (TPSA) is 113 Å². The minimum Gasteiger partial charge on any atom is -0.394 e. The summed E-state index contributed by atoms with van der Waals surface area (Å²) in [6.45, 7) is 0.952. The van der Waals surface area contributed by atoms with Crippen LogP contribution in [-0.4, -0.2) is 54.2 Å². The first-order chi connectivity index (χ1) is 10.4. The summed E-state index contributed by atoms with van der Waals surface area (Å²) >= 11 is 0. The third-order valence-electron chi connectivity index (χ3n) is 3.65. The third-order valence-corrected chi connectivity index (χ3v) is 3.65. The first kappa shape index (κ1) is 14.6. The van der Waals surface area contributed by atoms with E-state index in [1.165, 1.54) is 0 Å². The molecule has 0 spiro atoms. The van der Waals surface area contributed by atoms with Gasteiger partial charge in [-0.25, -0.2) is 14.4 Å². The number of aromatic amines is 1. The van der Waals surface area contributed by atoms with E-state index >= 15 is 0 Å². The molecule has 1 unspecified atom stereocenters. The van der Waals surface area contributed by atoms with Gasteiger partial charge in [-0.3, -0.25) is 9.36 Å². The molecule has 116 valence electrons. The molecule has 0 aliphatic carbocycles. The molecule has 1 saturated heterocycles. The quantitative estimate of drug-likeness (QED) is 0.615. The number of aliphatic hydroxyl groups excluding tert-OH is 2. The van der Waals surface area contributed by atoms with E-state index in [4.69, 9.17) is 16.3 Å². The van der Waals surface area contributed by atoms with Crippen molar-refractivity contribution in [1.82, 2.24) is 19.5 Å². The molecule has 3 N–H and O–H groups in total. The summed E-state index contributed by atoms with van der Waals surface area (Å²) < 4.78 is 21.4. The number of imidazole rings is 1. The average Bonchev–Trinajstić information content (AvgIpc) is 3.00. The number of nitrogens with zero attached hydrogens (tertiary/aromatic N) is 3. The van der Waals surface area contributed by atoms with E-state index in [1.807, 2.05) is 5.92 Å². The lowest BCUT2D eigenvalue weighted by Gasteiger charge is -2.23. The number of aromatic nitrogens is 4. The lowest BCUT2D eigenvalue weighted by atomic mass is 9.97. The lowest BCUT2D eigenvalue weighted by Crippen LogP contribution is -2.42. The molecule has 0 saturated carbocycles. The van der Waals surface area contributed by atoms with Crippen LogP contribution >= 0.6 is 0 Å². The zero-order chi connectivity index (χ0) is 16.1. The summed E-state index contributed by atoms with van der Waals surface area (Å²) in [6, 6.07) is 0. The van der Waals surface area contributed by atoms with Crippen LogP contribution in [0.3, 0.4) is 0 Å². The van der Waals surface area contributed by atoms with E-state index in [0.29, 0.717) is 5.82 Å². The zero-order valence-electron chi connectivity index (χ0n) is 11.5. The molecule has 4 atom stereocenters. The van der Waals surface area contributed by atoms with E-state index in [0.717, 1.165) is 10.9 Å². The minimum absolute atomic E-state index is 0.00416. The van der Waals surface area contributed by atoms with Gasteiger partial charge in [-0.2, -0.15) is 0 Å². The van der Waals surface area contributed by atoms with Crippen LogP contribution in [0.2, 0.25) is 0 Å². The van der Waals surface area contributed by atoms with Crippen molar-refractivity contribution in [3.63, 3.8) is 0 Å². The van der Waals surface area contributed by atoms with Crippen LogP contribution in [0.25, 0.3) is 11.2 Å². The number of rotatable bonds is 2. The normalized spacial score (nSPS) is 31.5. The molecular weight excluding hydrogens is 295 g/mol. The number of nitrogens with one attached hydrogen (secondary N) is 1. The molecule has 8 nitrogen and oxygen atoms in total. The maximum atomic E-state index is 14.9. The van der Waals surface area contributed by atoms with E-state index < -0.39 is 36.3 Å². The fourth-order valence-corrected chi connectivity index (χ4v) is 2.53. The number of halogens is 1. The maximum absolute atomic E-state index is 14.9. The number of aryl methyl sites for hydroxylation is 1. The Kier molecular flexibility index (Phi) is 3.25. The Hall–Kier alpha value is -2.28. The second-order valence-corrected chi connectivity index (χ2v) is 5.04. The summed E-state index contributed by atoms with van der Waals surface area (Å²) in [6.07, 6.45) is 2.01. The predicted molar refractivity (Wildman–Crippen MR) is 72.6 cm³/mol. The van der Waals surface area contributed by atoms with Crippen molar-refractivity contribution in [1.29, 1.82) is 0 Å². The maximum Gasteiger partial charge on any atom is 0.279 e. The van der Waals surface area contributed by atoms with E-state index in [9.17, 15) is 14.3 Å². The summed E-state index contributed by atoms with van der Waals surface area (Å²) in [5, 5.41) is 19.1. The van der Waals surface area contributed by atoms with Crippen molar-refractivity contribution in [2.24, 2.45) is 0 Å². The number of H-pyrrole nitrogens is 1. The highest BCUT2D eigenvalue weighted by molar-refractivity contribution is 5.69. The Bertz CT molecular complexity index is 826. The van der Waals surface area contributed by atoms with Gasteiger partial charge in [-0.1, -0.05) is 5.92 Å². The van der Waals surface area contributed by atoms with Crippen LogP contribution in [0.1, 0.15) is 12.1 Å². The van der Waals surface area contributed by atoms with Gasteiger partial charge in [0.1, 0.15) is 18.0 Å². The van der Waals surface area contributed by atoms with E-state index in [2.05, 4.69) is 15.0 Å². The van der Waals surface area contributed by atoms with Gasteiger partial charge in [0.25, 0.3) is 5.56 Å². The van der Waals surface area contributed by atoms with Crippen LogP contribution < -0.4 is 5.56 Å². The third kappa shape index (κ3) is 1.85. The Morgan fingerprint density at radius 1 is 1.68 bits per heavy atom. The molecule has 3 heterocycles. The molecule has 0 aromatic carbocycles. The number of fused-ring (bicyclic) bond motifs is 1. The van der Waals surface area contributed by atoms with Gasteiger partial charge in [0.2, 0.25) is 5.67 Å². The molecule has 1 aliphatic rings. The number of hydrogen-bond donors (Lipinski definition) is 3. The number of hydrogen-bond acceptors (Lipinski definition) is 6. The first-order valence-electron chi connectivity index (χ1n) is 6.47. The van der Waals surface area contributed by atoms with Crippen LogP contribution in [0.5, 0.6) is 0 Å². The number of aliphatic hydroxyl groups is 2. The SMILES string of the molecule is C#C[C@]1(F)C(n2cnc3c(=O)[nH]c(C)nc32)O[C@H](CO)[C@H]1O. The summed E-state index contributed by atoms with van der Waals surface area (Å²) in [5.74, 6) is 2.18. The lowest BCUT2D eigenvalue weighted by molar-refractivity contribution is -0.0504. The van der Waals surface area contributed by atoms with Gasteiger partial charge >= 0.3 is 0 Å². The molecule has 22 heavy (non-hydrogen) atoms. The second kappa shape index (κ2) is 4.88. The molecule has 0 bridgehead atoms. The van der Waals surface area contributed by atoms with Crippen LogP contribution in [0.15, 0.2) is 11.1 Å².